The van der Waals surface area contributed by atoms with Crippen molar-refractivity contribution in [2.24, 2.45) is 0 Å². The zero-order valence-corrected chi connectivity index (χ0v) is 10.8. The Labute approximate surface area is 102 Å². The highest BCUT2D eigenvalue weighted by Crippen LogP contribution is 2.12. The van der Waals surface area contributed by atoms with Crippen molar-refractivity contribution in [3.05, 3.63) is 11.1 Å². The molecule has 0 aliphatic carbocycles. The molecule has 1 heterocycles. The Kier molecular flexibility index (Phi) is 9.72. The monoisotopic (exact) mass is 257 g/mol. The van der Waals surface area contributed by atoms with Gasteiger partial charge in [-0.1, -0.05) is 13.8 Å². The molecule has 0 saturated carbocycles. The Morgan fingerprint density at radius 1 is 1.36 bits per heavy atom. The van der Waals surface area contributed by atoms with Crippen molar-refractivity contribution >= 4 is 41.3 Å². The van der Waals surface area contributed by atoms with Crippen LogP contribution >= 0.6 is 36.2 Å². The van der Waals surface area contributed by atoms with Gasteiger partial charge < -0.3 is 5.73 Å². The number of hydrogen-bond donors (Lipinski definition) is 1. The van der Waals surface area contributed by atoms with Gasteiger partial charge in [-0.05, 0) is 13.1 Å². The average molecular weight is 258 g/mol. The van der Waals surface area contributed by atoms with Gasteiger partial charge in [0.2, 0.25) is 0 Å². The minimum atomic E-state index is 0. The summed E-state index contributed by atoms with van der Waals surface area (Å²) in [6.45, 7) is 7.35. The molecule has 0 bridgehead atoms. The Balaban J connectivity index is 0. The molecule has 3 nitrogen and oxygen atoms in total. The van der Waals surface area contributed by atoms with Crippen molar-refractivity contribution in [2.45, 2.75) is 20.4 Å². The summed E-state index contributed by atoms with van der Waals surface area (Å²) in [6.07, 6.45) is 0. The Morgan fingerprint density at radius 3 is 2.29 bits per heavy atom. The van der Waals surface area contributed by atoms with Crippen molar-refractivity contribution in [3.63, 3.8) is 0 Å². The fourth-order valence-electron chi connectivity index (χ4n) is 1.07. The number of rotatable bonds is 4. The standard InChI is InChI=1S/C8H15N3S.2ClH/c1-3-11(4-2)5-7-6-12-8(9)10-7;;/h6H,3-5H2,1-2H3,(H2,9,10);2*1H. The van der Waals surface area contributed by atoms with Gasteiger partial charge in [0.1, 0.15) is 0 Å². The third-order valence-corrected chi connectivity index (χ3v) is 2.57. The molecule has 84 valence electrons. The lowest BCUT2D eigenvalue weighted by Crippen LogP contribution is -2.22. The first-order chi connectivity index (χ1) is 5.76. The highest BCUT2D eigenvalue weighted by atomic mass is 35.5. The van der Waals surface area contributed by atoms with E-state index in [1.54, 1.807) is 0 Å². The van der Waals surface area contributed by atoms with Gasteiger partial charge in [0.25, 0.3) is 0 Å². The van der Waals surface area contributed by atoms with Crippen molar-refractivity contribution in [1.82, 2.24) is 9.88 Å². The fourth-order valence-corrected chi connectivity index (χ4v) is 1.63. The van der Waals surface area contributed by atoms with Crippen LogP contribution in [0.2, 0.25) is 0 Å². The quantitative estimate of drug-likeness (QED) is 0.901. The van der Waals surface area contributed by atoms with Gasteiger partial charge in [0.15, 0.2) is 5.13 Å². The van der Waals surface area contributed by atoms with Crippen LogP contribution < -0.4 is 5.73 Å². The molecule has 0 aromatic carbocycles. The predicted molar refractivity (Wildman–Crippen MR) is 67.6 cm³/mol. The number of aromatic nitrogens is 1. The summed E-state index contributed by atoms with van der Waals surface area (Å²) < 4.78 is 0. The number of nitrogens with zero attached hydrogens (tertiary/aromatic N) is 2. The van der Waals surface area contributed by atoms with E-state index in [1.807, 2.05) is 5.38 Å². The second-order valence-corrected chi connectivity index (χ2v) is 3.53. The summed E-state index contributed by atoms with van der Waals surface area (Å²) in [4.78, 5) is 6.52. The van der Waals surface area contributed by atoms with Crippen LogP contribution in [0.5, 0.6) is 0 Å². The molecular formula is C8H17Cl2N3S. The second kappa shape index (κ2) is 8.29. The Hall–Kier alpha value is -0.0300. The highest BCUT2D eigenvalue weighted by molar-refractivity contribution is 7.13. The molecule has 0 fully saturated rings. The SMILES string of the molecule is CCN(CC)Cc1csc(N)n1.Cl.Cl. The molecule has 0 radical (unpaired) electrons. The molecule has 0 atom stereocenters. The molecule has 0 spiro atoms. The lowest BCUT2D eigenvalue weighted by Gasteiger charge is -2.15. The fraction of sp³-hybridized carbons (Fsp3) is 0.625. The normalized spacial score (nSPS) is 9.36. The van der Waals surface area contributed by atoms with Crippen molar-refractivity contribution < 1.29 is 0 Å². The minimum absolute atomic E-state index is 0. The van der Waals surface area contributed by atoms with E-state index in [-0.39, 0.29) is 24.8 Å². The van der Waals surface area contributed by atoms with Gasteiger partial charge in [-0.2, -0.15) is 0 Å². The average Bonchev–Trinajstić information content (AvgIpc) is 2.47. The van der Waals surface area contributed by atoms with E-state index < -0.39 is 0 Å². The maximum atomic E-state index is 5.53. The maximum absolute atomic E-state index is 5.53. The van der Waals surface area contributed by atoms with Crippen LogP contribution in [0.15, 0.2) is 5.38 Å². The van der Waals surface area contributed by atoms with Crippen LogP contribution in [-0.2, 0) is 6.54 Å². The summed E-state index contributed by atoms with van der Waals surface area (Å²) >= 11 is 1.51. The topological polar surface area (TPSA) is 42.1 Å². The second-order valence-electron chi connectivity index (χ2n) is 2.64. The van der Waals surface area contributed by atoms with Gasteiger partial charge in [-0.15, -0.1) is 36.2 Å². The first-order valence-electron chi connectivity index (χ1n) is 4.18. The summed E-state index contributed by atoms with van der Waals surface area (Å²) in [5, 5.41) is 2.69. The van der Waals surface area contributed by atoms with Crippen LogP contribution in [0.3, 0.4) is 0 Å². The zero-order chi connectivity index (χ0) is 8.97. The van der Waals surface area contributed by atoms with Crippen molar-refractivity contribution in [2.75, 3.05) is 18.8 Å². The number of hydrogen-bond acceptors (Lipinski definition) is 4. The van der Waals surface area contributed by atoms with Crippen molar-refractivity contribution in [3.8, 4) is 0 Å². The van der Waals surface area contributed by atoms with E-state index in [0.717, 1.165) is 25.3 Å². The van der Waals surface area contributed by atoms with Crippen molar-refractivity contribution in [1.29, 1.82) is 0 Å². The predicted octanol–water partition coefficient (Wildman–Crippen LogP) is 2.41. The molecule has 0 unspecified atom stereocenters. The van der Waals surface area contributed by atoms with Gasteiger partial charge in [0, 0.05) is 11.9 Å². The molecule has 0 amide bonds. The molecule has 6 heteroatoms. The van der Waals surface area contributed by atoms with Crippen LogP contribution in [-0.4, -0.2) is 23.0 Å². The van der Waals surface area contributed by atoms with Crippen LogP contribution in [0.1, 0.15) is 19.5 Å². The van der Waals surface area contributed by atoms with Gasteiger partial charge >= 0.3 is 0 Å². The molecule has 0 aliphatic rings. The highest BCUT2D eigenvalue weighted by Gasteiger charge is 2.03. The molecule has 0 saturated heterocycles. The summed E-state index contributed by atoms with van der Waals surface area (Å²) in [6, 6.07) is 0. The maximum Gasteiger partial charge on any atom is 0.180 e. The number of nitrogens with two attached hydrogens (primary N) is 1. The van der Waals surface area contributed by atoms with Crippen LogP contribution in [0.25, 0.3) is 0 Å². The van der Waals surface area contributed by atoms with E-state index in [2.05, 4.69) is 23.7 Å². The zero-order valence-electron chi connectivity index (χ0n) is 8.40. The number of thiazole rings is 1. The number of nitrogen functional groups attached to an aromatic ring is 1. The largest absolute Gasteiger partial charge is 0.375 e. The molecule has 14 heavy (non-hydrogen) atoms. The molecule has 1 aromatic rings. The summed E-state index contributed by atoms with van der Waals surface area (Å²) in [7, 11) is 0. The van der Waals surface area contributed by atoms with E-state index in [0.29, 0.717) is 5.13 Å². The number of halogens is 2. The van der Waals surface area contributed by atoms with Crippen LogP contribution in [0, 0.1) is 0 Å². The summed E-state index contributed by atoms with van der Waals surface area (Å²) in [5.41, 5.74) is 6.61. The minimum Gasteiger partial charge on any atom is -0.375 e. The Bertz CT molecular complexity index is 238. The lowest BCUT2D eigenvalue weighted by molar-refractivity contribution is 0.293. The smallest absolute Gasteiger partial charge is 0.180 e. The number of anilines is 1. The van der Waals surface area contributed by atoms with E-state index >= 15 is 0 Å². The first kappa shape index (κ1) is 16.4. The molecule has 2 N–H and O–H groups in total. The third-order valence-electron chi connectivity index (χ3n) is 1.85. The van der Waals surface area contributed by atoms with E-state index in [1.165, 1.54) is 11.3 Å². The summed E-state index contributed by atoms with van der Waals surface area (Å²) in [5.74, 6) is 0. The molecular weight excluding hydrogens is 241 g/mol. The molecule has 1 rings (SSSR count). The first-order valence-corrected chi connectivity index (χ1v) is 5.06. The van der Waals surface area contributed by atoms with E-state index in [9.17, 15) is 0 Å². The van der Waals surface area contributed by atoms with E-state index in [4.69, 9.17) is 5.73 Å². The Morgan fingerprint density at radius 2 is 1.93 bits per heavy atom. The van der Waals surface area contributed by atoms with Gasteiger partial charge in [-0.3, -0.25) is 4.90 Å². The lowest BCUT2D eigenvalue weighted by atomic mass is 10.4. The third kappa shape index (κ3) is 5.00. The molecule has 1 aromatic heterocycles. The van der Waals surface area contributed by atoms with Gasteiger partial charge in [0.05, 0.1) is 5.69 Å². The molecule has 0 aliphatic heterocycles. The van der Waals surface area contributed by atoms with Gasteiger partial charge in [-0.25, -0.2) is 4.98 Å². The van der Waals surface area contributed by atoms with Crippen LogP contribution in [0.4, 0.5) is 5.13 Å².